The Morgan fingerprint density at radius 3 is 2.52 bits per heavy atom. The third kappa shape index (κ3) is 7.53. The number of carbonyl (C=O) groups excluding carboxylic acids is 3. The predicted molar refractivity (Wildman–Crippen MR) is 146 cm³/mol. The van der Waals surface area contributed by atoms with E-state index in [1.807, 2.05) is 0 Å². The van der Waals surface area contributed by atoms with Gasteiger partial charge in [-0.1, -0.05) is 0 Å². The van der Waals surface area contributed by atoms with Gasteiger partial charge in [-0.2, -0.15) is 8.78 Å². The van der Waals surface area contributed by atoms with Gasteiger partial charge in [-0.15, -0.1) is 0 Å². The standard InChI is InChI=1S/C28H34F2N4O10/c1-13(31)21-20(33-22(43-21)15-7-8-18(42-26(29)30)19(9-15)41-12-14-5-6-14)23(35)34-11-16(32-27(39)40-4)10-17(34)24(36)44-28(2,3)25(37)38/h7-9,13-14,16-17,26H,5-6,10-12,31H2,1-4H3,(H,32,39)(H,37,38)/t13-,16+,17-/m0/s1. The van der Waals surface area contributed by atoms with Crippen molar-refractivity contribution in [3.63, 3.8) is 0 Å². The number of rotatable bonds is 12. The molecule has 1 aromatic carbocycles. The van der Waals surface area contributed by atoms with Crippen molar-refractivity contribution >= 4 is 23.9 Å². The fourth-order valence-electron chi connectivity index (χ4n) is 4.47. The lowest BCUT2D eigenvalue weighted by Crippen LogP contribution is -2.46. The molecule has 2 aromatic rings. The van der Waals surface area contributed by atoms with E-state index in [1.54, 1.807) is 0 Å². The second kappa shape index (κ2) is 13.0. The van der Waals surface area contributed by atoms with E-state index in [4.69, 9.17) is 19.6 Å². The summed E-state index contributed by atoms with van der Waals surface area (Å²) in [4.78, 5) is 55.9. The second-order valence-corrected chi connectivity index (χ2v) is 11.1. The van der Waals surface area contributed by atoms with Gasteiger partial charge in [0.15, 0.2) is 23.0 Å². The lowest BCUT2D eigenvalue weighted by Gasteiger charge is -2.26. The van der Waals surface area contributed by atoms with Gasteiger partial charge in [0.1, 0.15) is 6.04 Å². The van der Waals surface area contributed by atoms with Crippen molar-refractivity contribution in [3.05, 3.63) is 29.7 Å². The first kappa shape index (κ1) is 32.4. The van der Waals surface area contributed by atoms with Gasteiger partial charge in [-0.05, 0) is 57.7 Å². The molecule has 0 unspecified atom stereocenters. The molecule has 1 saturated carbocycles. The minimum absolute atomic E-state index is 0.0308. The third-order valence-electron chi connectivity index (χ3n) is 7.06. The first-order valence-electron chi connectivity index (χ1n) is 13.8. The number of nitrogens with zero attached hydrogens (tertiary/aromatic N) is 2. The number of alkyl carbamates (subject to hydrolysis) is 1. The number of likely N-dealkylation sites (tertiary alicyclic amines) is 1. The van der Waals surface area contributed by atoms with Gasteiger partial charge >= 0.3 is 24.6 Å². The molecule has 0 bridgehead atoms. The SMILES string of the molecule is COC(=O)N[C@@H]1C[C@@H](C(=O)OC(C)(C)C(=O)O)N(C(=O)c2nc(-c3ccc(OC(F)F)c(OCC4CC4)c3)oc2[C@H](C)N)C1. The molecule has 2 fully saturated rings. The lowest BCUT2D eigenvalue weighted by atomic mass is 10.1. The number of amides is 2. The van der Waals surface area contributed by atoms with E-state index in [0.717, 1.165) is 24.9 Å². The summed E-state index contributed by atoms with van der Waals surface area (Å²) < 4.78 is 52.0. The Morgan fingerprint density at radius 2 is 1.93 bits per heavy atom. The van der Waals surface area contributed by atoms with Crippen LogP contribution in [0.25, 0.3) is 11.5 Å². The molecule has 1 aliphatic carbocycles. The third-order valence-corrected chi connectivity index (χ3v) is 7.06. The van der Waals surface area contributed by atoms with E-state index in [9.17, 15) is 33.1 Å². The zero-order chi connectivity index (χ0) is 32.3. The Morgan fingerprint density at radius 1 is 1.23 bits per heavy atom. The highest BCUT2D eigenvalue weighted by Crippen LogP contribution is 2.37. The molecule has 4 rings (SSSR count). The van der Waals surface area contributed by atoms with E-state index in [1.165, 1.54) is 39.0 Å². The second-order valence-electron chi connectivity index (χ2n) is 11.1. The summed E-state index contributed by atoms with van der Waals surface area (Å²) in [5.74, 6) is -3.20. The number of benzene rings is 1. The van der Waals surface area contributed by atoms with Gasteiger partial charge in [0.25, 0.3) is 5.91 Å². The Kier molecular flexibility index (Phi) is 9.61. The van der Waals surface area contributed by atoms with Crippen molar-refractivity contribution in [3.8, 4) is 23.0 Å². The molecule has 2 aliphatic rings. The number of carboxylic acids is 1. The number of esters is 1. The van der Waals surface area contributed by atoms with Gasteiger partial charge in [0, 0.05) is 18.5 Å². The fourth-order valence-corrected chi connectivity index (χ4v) is 4.47. The quantitative estimate of drug-likeness (QED) is 0.293. The zero-order valence-electron chi connectivity index (χ0n) is 24.5. The number of nitrogens with two attached hydrogens (primary N) is 1. The summed E-state index contributed by atoms with van der Waals surface area (Å²) in [6.45, 7) is 0.930. The molecule has 14 nitrogen and oxygen atoms in total. The number of aromatic nitrogens is 1. The van der Waals surface area contributed by atoms with E-state index in [0.29, 0.717) is 12.5 Å². The molecule has 16 heteroatoms. The van der Waals surface area contributed by atoms with E-state index < -0.39 is 54.3 Å². The Labute approximate surface area is 250 Å². The van der Waals surface area contributed by atoms with Crippen LogP contribution in [-0.2, 0) is 19.1 Å². The van der Waals surface area contributed by atoms with Crippen LogP contribution in [0.2, 0.25) is 0 Å². The molecule has 1 aromatic heterocycles. The van der Waals surface area contributed by atoms with E-state index in [-0.39, 0.29) is 47.4 Å². The highest BCUT2D eigenvalue weighted by molar-refractivity contribution is 5.97. The maximum atomic E-state index is 13.9. The molecule has 1 saturated heterocycles. The van der Waals surface area contributed by atoms with Crippen LogP contribution < -0.4 is 20.5 Å². The van der Waals surface area contributed by atoms with Gasteiger partial charge in [-0.3, -0.25) is 4.79 Å². The Balaban J connectivity index is 1.67. The number of alkyl halides is 2. The monoisotopic (exact) mass is 624 g/mol. The minimum atomic E-state index is -3.08. The summed E-state index contributed by atoms with van der Waals surface area (Å²) in [6, 6.07) is 1.14. The number of aliphatic carboxylic acids is 1. The van der Waals surface area contributed by atoms with Crippen LogP contribution in [0.1, 0.15) is 62.3 Å². The van der Waals surface area contributed by atoms with Crippen LogP contribution in [0.4, 0.5) is 13.6 Å². The lowest BCUT2D eigenvalue weighted by molar-refractivity contribution is -0.177. The Hall–Kier alpha value is -4.47. The highest BCUT2D eigenvalue weighted by atomic mass is 19.3. The maximum absolute atomic E-state index is 13.9. The number of carboxylic acid groups (broad SMARTS) is 1. The van der Waals surface area contributed by atoms with E-state index in [2.05, 4.69) is 19.8 Å². The maximum Gasteiger partial charge on any atom is 0.407 e. The summed E-state index contributed by atoms with van der Waals surface area (Å²) in [5, 5.41) is 11.9. The number of oxazole rings is 1. The highest BCUT2D eigenvalue weighted by Gasteiger charge is 2.46. The molecule has 3 atom stereocenters. The first-order chi connectivity index (χ1) is 20.7. The summed E-state index contributed by atoms with van der Waals surface area (Å²) in [7, 11) is 1.15. The number of hydrogen-bond acceptors (Lipinski definition) is 11. The normalized spacial score (nSPS) is 19.0. The minimum Gasteiger partial charge on any atom is -0.489 e. The van der Waals surface area contributed by atoms with Crippen LogP contribution in [0.15, 0.2) is 22.6 Å². The molecule has 240 valence electrons. The number of carbonyl (C=O) groups is 4. The van der Waals surface area contributed by atoms with Gasteiger partial charge in [0.2, 0.25) is 11.5 Å². The molecule has 4 N–H and O–H groups in total. The predicted octanol–water partition coefficient (Wildman–Crippen LogP) is 3.10. The van der Waals surface area contributed by atoms with Gasteiger partial charge in [-0.25, -0.2) is 19.4 Å². The summed E-state index contributed by atoms with van der Waals surface area (Å²) >= 11 is 0. The molecular formula is C28H34F2N4O10. The van der Waals surface area contributed by atoms with Crippen molar-refractivity contribution in [1.29, 1.82) is 0 Å². The molecule has 0 spiro atoms. The van der Waals surface area contributed by atoms with Crippen molar-refractivity contribution in [1.82, 2.24) is 15.2 Å². The largest absolute Gasteiger partial charge is 0.489 e. The van der Waals surface area contributed by atoms with Crippen LogP contribution in [-0.4, -0.2) is 83.5 Å². The van der Waals surface area contributed by atoms with Crippen LogP contribution in [0.5, 0.6) is 11.5 Å². The molecule has 2 heterocycles. The first-order valence-corrected chi connectivity index (χ1v) is 13.8. The van der Waals surface area contributed by atoms with E-state index >= 15 is 0 Å². The summed E-state index contributed by atoms with van der Waals surface area (Å²) in [5.41, 5.74) is 4.21. The Bertz CT molecular complexity index is 1410. The summed E-state index contributed by atoms with van der Waals surface area (Å²) in [6.07, 6.45) is 1.01. The average molecular weight is 625 g/mol. The number of hydrogen-bond donors (Lipinski definition) is 3. The van der Waals surface area contributed by atoms with Crippen LogP contribution in [0.3, 0.4) is 0 Å². The van der Waals surface area contributed by atoms with Gasteiger partial charge in [0.05, 0.1) is 25.8 Å². The molecule has 44 heavy (non-hydrogen) atoms. The van der Waals surface area contributed by atoms with Gasteiger partial charge < -0.3 is 44.4 Å². The van der Waals surface area contributed by atoms with Crippen molar-refractivity contribution in [2.24, 2.45) is 11.7 Å². The topological polar surface area (TPSA) is 193 Å². The molecule has 1 aliphatic heterocycles. The molecular weight excluding hydrogens is 590 g/mol. The number of halogens is 2. The zero-order valence-corrected chi connectivity index (χ0v) is 24.5. The number of nitrogens with one attached hydrogen (secondary N) is 1. The fraction of sp³-hybridized carbons (Fsp3) is 0.536. The number of ether oxygens (including phenoxy) is 4. The molecule has 2 amide bonds. The average Bonchev–Trinajstić information content (AvgIpc) is 3.51. The van der Waals surface area contributed by atoms with Crippen molar-refractivity contribution in [2.45, 2.75) is 70.4 Å². The number of methoxy groups -OCH3 is 1. The molecule has 0 radical (unpaired) electrons. The smallest absolute Gasteiger partial charge is 0.407 e. The van der Waals surface area contributed by atoms with Crippen LogP contribution >= 0.6 is 0 Å². The van der Waals surface area contributed by atoms with Crippen molar-refractivity contribution in [2.75, 3.05) is 20.3 Å². The van der Waals surface area contributed by atoms with Crippen molar-refractivity contribution < 1.29 is 56.4 Å². The van der Waals surface area contributed by atoms with Crippen LogP contribution in [0, 0.1) is 5.92 Å².